The van der Waals surface area contributed by atoms with Gasteiger partial charge < -0.3 is 19.0 Å². The Morgan fingerprint density at radius 3 is 3.00 bits per heavy atom. The molecule has 96 valence electrons. The number of ether oxygens (including phenoxy) is 1. The number of hydrogen-bond acceptors (Lipinski definition) is 7. The summed E-state index contributed by atoms with van der Waals surface area (Å²) < 4.78 is 14.5. The molecule has 1 N–H and O–H groups in total. The molecule has 0 spiro atoms. The van der Waals surface area contributed by atoms with Crippen LogP contribution in [0.3, 0.4) is 0 Å². The first-order valence-electron chi connectivity index (χ1n) is 5.35. The van der Waals surface area contributed by atoms with Crippen LogP contribution < -0.4 is 5.32 Å². The Balaban J connectivity index is 1.90. The maximum absolute atomic E-state index is 11.3. The van der Waals surface area contributed by atoms with E-state index in [2.05, 4.69) is 20.2 Å². The van der Waals surface area contributed by atoms with Gasteiger partial charge in [-0.05, 0) is 6.07 Å². The van der Waals surface area contributed by atoms with Crippen molar-refractivity contribution in [1.29, 1.82) is 0 Å². The second-order valence-corrected chi connectivity index (χ2v) is 3.60. The van der Waals surface area contributed by atoms with Crippen molar-refractivity contribution in [3.05, 3.63) is 35.4 Å². The van der Waals surface area contributed by atoms with E-state index in [0.29, 0.717) is 24.8 Å². The van der Waals surface area contributed by atoms with Crippen LogP contribution in [-0.4, -0.2) is 23.2 Å². The van der Waals surface area contributed by atoms with Crippen LogP contribution in [0.5, 0.6) is 0 Å². The lowest BCUT2D eigenvalue weighted by atomic mass is 10.2. The molecule has 2 aromatic rings. The van der Waals surface area contributed by atoms with Gasteiger partial charge in [0.15, 0.2) is 5.82 Å². The largest absolute Gasteiger partial charge is 0.463 e. The van der Waals surface area contributed by atoms with Crippen molar-refractivity contribution in [1.82, 2.24) is 15.5 Å². The fourth-order valence-corrected chi connectivity index (χ4v) is 1.47. The van der Waals surface area contributed by atoms with E-state index in [9.17, 15) is 4.79 Å². The number of carbonyl (C=O) groups excluding carboxylic acids is 1. The Morgan fingerprint density at radius 2 is 2.33 bits per heavy atom. The number of furan rings is 1. The summed E-state index contributed by atoms with van der Waals surface area (Å²) in [6, 6.07) is 1.71. The van der Waals surface area contributed by atoms with Crippen molar-refractivity contribution in [3.63, 3.8) is 0 Å². The zero-order valence-corrected chi connectivity index (χ0v) is 10.1. The Morgan fingerprint density at radius 1 is 1.50 bits per heavy atom. The molecule has 0 unspecified atom stereocenters. The van der Waals surface area contributed by atoms with Gasteiger partial charge in [-0.3, -0.25) is 0 Å². The summed E-state index contributed by atoms with van der Waals surface area (Å²) in [6.45, 7) is 2.62. The summed E-state index contributed by atoms with van der Waals surface area (Å²) in [5.41, 5.74) is 0.724. The number of esters is 1. The molecule has 18 heavy (non-hydrogen) atoms. The molecule has 0 saturated carbocycles. The number of aromatic nitrogens is 2. The van der Waals surface area contributed by atoms with Gasteiger partial charge >= 0.3 is 5.97 Å². The fraction of sp³-hybridized carbons (Fsp3) is 0.364. The third-order valence-electron chi connectivity index (χ3n) is 2.29. The summed E-state index contributed by atoms with van der Waals surface area (Å²) in [6.07, 6.45) is 1.45. The van der Waals surface area contributed by atoms with Crippen molar-refractivity contribution in [3.8, 4) is 0 Å². The third kappa shape index (κ3) is 2.75. The molecule has 0 aliphatic carbocycles. The van der Waals surface area contributed by atoms with Gasteiger partial charge in [-0.1, -0.05) is 5.16 Å². The van der Waals surface area contributed by atoms with Gasteiger partial charge in [0, 0.05) is 19.0 Å². The molecule has 0 fully saturated rings. The number of methoxy groups -OCH3 is 1. The van der Waals surface area contributed by atoms with Gasteiger partial charge in [0.1, 0.15) is 0 Å². The zero-order valence-electron chi connectivity index (χ0n) is 10.1. The Labute approximate surface area is 103 Å². The maximum Gasteiger partial charge on any atom is 0.374 e. The molecule has 2 rings (SSSR count). The first-order valence-corrected chi connectivity index (χ1v) is 5.35. The molecule has 7 heteroatoms. The molecule has 0 radical (unpaired) electrons. The van der Waals surface area contributed by atoms with Crippen molar-refractivity contribution in [2.45, 2.75) is 20.0 Å². The molecular weight excluding hydrogens is 238 g/mol. The van der Waals surface area contributed by atoms with E-state index in [-0.39, 0.29) is 5.76 Å². The van der Waals surface area contributed by atoms with Crippen LogP contribution in [0.15, 0.2) is 21.3 Å². The molecule has 2 aromatic heterocycles. The van der Waals surface area contributed by atoms with Gasteiger partial charge in [-0.2, -0.15) is 4.98 Å². The van der Waals surface area contributed by atoms with Gasteiger partial charge in [0.2, 0.25) is 11.7 Å². The van der Waals surface area contributed by atoms with Crippen molar-refractivity contribution in [2.75, 3.05) is 7.11 Å². The number of nitrogens with one attached hydrogen (secondary N) is 1. The summed E-state index contributed by atoms with van der Waals surface area (Å²) >= 11 is 0. The van der Waals surface area contributed by atoms with E-state index in [1.165, 1.54) is 13.4 Å². The van der Waals surface area contributed by atoms with Gasteiger partial charge in [-0.15, -0.1) is 0 Å². The summed E-state index contributed by atoms with van der Waals surface area (Å²) in [4.78, 5) is 15.4. The van der Waals surface area contributed by atoms with E-state index in [1.807, 2.05) is 0 Å². The highest BCUT2D eigenvalue weighted by molar-refractivity contribution is 5.87. The lowest BCUT2D eigenvalue weighted by Gasteiger charge is -2.01. The first kappa shape index (κ1) is 12.3. The lowest BCUT2D eigenvalue weighted by molar-refractivity contribution is 0.0563. The molecule has 0 saturated heterocycles. The van der Waals surface area contributed by atoms with Crippen LogP contribution in [0.1, 0.15) is 27.8 Å². The fourth-order valence-electron chi connectivity index (χ4n) is 1.47. The summed E-state index contributed by atoms with van der Waals surface area (Å²) in [7, 11) is 1.31. The lowest BCUT2D eigenvalue weighted by Crippen LogP contribution is -2.15. The average Bonchev–Trinajstić information content (AvgIpc) is 2.98. The van der Waals surface area contributed by atoms with Crippen molar-refractivity contribution in [2.24, 2.45) is 0 Å². The van der Waals surface area contributed by atoms with Crippen LogP contribution >= 0.6 is 0 Å². The monoisotopic (exact) mass is 251 g/mol. The number of nitrogens with zero attached hydrogens (tertiary/aromatic N) is 2. The van der Waals surface area contributed by atoms with Crippen LogP contribution in [0.25, 0.3) is 0 Å². The molecule has 2 heterocycles. The van der Waals surface area contributed by atoms with Crippen molar-refractivity contribution < 1.29 is 18.5 Å². The summed E-state index contributed by atoms with van der Waals surface area (Å²) in [5, 5.41) is 6.83. The smallest absolute Gasteiger partial charge is 0.374 e. The molecule has 0 aromatic carbocycles. The van der Waals surface area contributed by atoms with E-state index >= 15 is 0 Å². The highest BCUT2D eigenvalue weighted by Crippen LogP contribution is 2.11. The predicted octanol–water partition coefficient (Wildman–Crippen LogP) is 1.05. The van der Waals surface area contributed by atoms with E-state index in [0.717, 1.165) is 5.56 Å². The highest BCUT2D eigenvalue weighted by Gasteiger charge is 2.15. The highest BCUT2D eigenvalue weighted by atomic mass is 16.5. The molecule has 0 amide bonds. The van der Waals surface area contributed by atoms with E-state index < -0.39 is 5.97 Å². The minimum Gasteiger partial charge on any atom is -0.463 e. The quantitative estimate of drug-likeness (QED) is 0.794. The standard InChI is InChI=1S/C11H13N3O4/c1-7-13-9(14-18-7)6-12-5-8-3-4-17-10(8)11(15)16-2/h3-4,12H,5-6H2,1-2H3. The molecule has 0 aliphatic rings. The molecule has 7 nitrogen and oxygen atoms in total. The van der Waals surface area contributed by atoms with E-state index in [1.54, 1.807) is 13.0 Å². The minimum atomic E-state index is -0.493. The average molecular weight is 251 g/mol. The number of aryl methyl sites for hydroxylation is 1. The summed E-state index contributed by atoms with van der Waals surface area (Å²) in [5.74, 6) is 0.794. The Hall–Kier alpha value is -2.15. The van der Waals surface area contributed by atoms with Gasteiger partial charge in [0.05, 0.1) is 19.9 Å². The number of carbonyl (C=O) groups is 1. The second kappa shape index (κ2) is 5.46. The minimum absolute atomic E-state index is 0.203. The maximum atomic E-state index is 11.3. The van der Waals surface area contributed by atoms with Crippen LogP contribution in [0.2, 0.25) is 0 Å². The Kier molecular flexibility index (Phi) is 3.73. The Bertz CT molecular complexity index is 532. The van der Waals surface area contributed by atoms with Crippen molar-refractivity contribution >= 4 is 5.97 Å². The first-order chi connectivity index (χ1) is 8.70. The van der Waals surface area contributed by atoms with Gasteiger partial charge in [-0.25, -0.2) is 4.79 Å². The number of rotatable bonds is 5. The third-order valence-corrected chi connectivity index (χ3v) is 2.29. The molecule has 0 aliphatic heterocycles. The zero-order chi connectivity index (χ0) is 13.0. The SMILES string of the molecule is COC(=O)c1occc1CNCc1noc(C)n1. The molecule has 0 bridgehead atoms. The van der Waals surface area contributed by atoms with Gasteiger partial charge in [0.25, 0.3) is 0 Å². The van der Waals surface area contributed by atoms with Crippen LogP contribution in [-0.2, 0) is 17.8 Å². The van der Waals surface area contributed by atoms with Crippen LogP contribution in [0, 0.1) is 6.92 Å². The predicted molar refractivity (Wildman–Crippen MR) is 59.6 cm³/mol. The topological polar surface area (TPSA) is 90.4 Å². The van der Waals surface area contributed by atoms with Crippen LogP contribution in [0.4, 0.5) is 0 Å². The van der Waals surface area contributed by atoms with E-state index in [4.69, 9.17) is 8.94 Å². The molecular formula is C11H13N3O4. The normalized spacial score (nSPS) is 10.6. The molecule has 0 atom stereocenters. The second-order valence-electron chi connectivity index (χ2n) is 3.60. The number of hydrogen-bond donors (Lipinski definition) is 1.